The highest BCUT2D eigenvalue weighted by Crippen LogP contribution is 2.27. The summed E-state index contributed by atoms with van der Waals surface area (Å²) < 4.78 is 36.2. The smallest absolute Gasteiger partial charge is 0.343 e. The zero-order chi connectivity index (χ0) is 17.8. The number of anilines is 1. The lowest BCUT2D eigenvalue weighted by molar-refractivity contribution is -0.123. The molecule has 0 saturated heterocycles. The van der Waals surface area contributed by atoms with E-state index in [1.54, 1.807) is 5.32 Å². The summed E-state index contributed by atoms with van der Waals surface area (Å²) in [7, 11) is 0. The van der Waals surface area contributed by atoms with Crippen LogP contribution in [0.3, 0.4) is 0 Å². The Labute approximate surface area is 149 Å². The van der Waals surface area contributed by atoms with Gasteiger partial charge in [-0.05, 0) is 37.1 Å². The van der Waals surface area contributed by atoms with Gasteiger partial charge in [-0.15, -0.1) is 12.4 Å². The number of nitrogens with two attached hydrogens (primary N) is 1. The minimum Gasteiger partial charge on any atom is -0.343 e. The molecule has 2 rings (SSSR count). The van der Waals surface area contributed by atoms with E-state index in [2.05, 4.69) is 5.32 Å². The van der Waals surface area contributed by atoms with Crippen molar-refractivity contribution in [1.29, 1.82) is 0 Å². The molecule has 140 valence electrons. The van der Waals surface area contributed by atoms with Gasteiger partial charge in [-0.25, -0.2) is 0 Å². The maximum Gasteiger partial charge on any atom is 0.405 e. The van der Waals surface area contributed by atoms with Crippen molar-refractivity contribution < 1.29 is 22.8 Å². The van der Waals surface area contributed by atoms with Crippen LogP contribution in [0.5, 0.6) is 0 Å². The molecule has 0 atom stereocenters. The van der Waals surface area contributed by atoms with Gasteiger partial charge >= 0.3 is 6.18 Å². The normalized spacial score (nSPS) is 16.5. The molecule has 0 spiro atoms. The maximum absolute atomic E-state index is 12.3. The van der Waals surface area contributed by atoms with E-state index in [0.717, 1.165) is 19.3 Å². The first-order valence-corrected chi connectivity index (χ1v) is 7.75. The molecule has 1 aliphatic carbocycles. The number of nitrogens with one attached hydrogen (secondary N) is 2. The number of benzene rings is 1. The van der Waals surface area contributed by atoms with Crippen molar-refractivity contribution >= 4 is 29.9 Å². The number of halogens is 4. The molecule has 1 saturated carbocycles. The highest BCUT2D eigenvalue weighted by molar-refractivity contribution is 5.99. The molecule has 1 aliphatic rings. The van der Waals surface area contributed by atoms with Crippen LogP contribution in [0, 0.1) is 0 Å². The lowest BCUT2D eigenvalue weighted by Crippen LogP contribution is -2.52. The van der Waals surface area contributed by atoms with Crippen molar-refractivity contribution in [3.63, 3.8) is 0 Å². The third-order valence-corrected chi connectivity index (χ3v) is 4.05. The van der Waals surface area contributed by atoms with Gasteiger partial charge in [0.05, 0.1) is 5.54 Å². The first kappa shape index (κ1) is 21.2. The van der Waals surface area contributed by atoms with Gasteiger partial charge in [0.2, 0.25) is 5.91 Å². The summed E-state index contributed by atoms with van der Waals surface area (Å²) >= 11 is 0. The Morgan fingerprint density at radius 1 is 1.08 bits per heavy atom. The van der Waals surface area contributed by atoms with E-state index < -0.39 is 24.2 Å². The summed E-state index contributed by atoms with van der Waals surface area (Å²) in [6.07, 6.45) is -0.342. The van der Waals surface area contributed by atoms with Crippen LogP contribution in [0.25, 0.3) is 0 Å². The lowest BCUT2D eigenvalue weighted by atomic mass is 9.82. The third kappa shape index (κ3) is 6.21. The SMILES string of the molecule is Cl.NC1(C(=O)Nc2ccc(C(=O)NCC(F)(F)F)cc2)CCCCC1. The fourth-order valence-corrected chi connectivity index (χ4v) is 2.65. The van der Waals surface area contributed by atoms with Gasteiger partial charge in [-0.2, -0.15) is 13.2 Å². The molecule has 0 radical (unpaired) electrons. The molecule has 0 heterocycles. The monoisotopic (exact) mass is 379 g/mol. The number of carbonyl (C=O) groups is 2. The van der Waals surface area contributed by atoms with Crippen molar-refractivity contribution in [1.82, 2.24) is 5.32 Å². The first-order valence-electron chi connectivity index (χ1n) is 7.75. The number of amides is 2. The summed E-state index contributed by atoms with van der Waals surface area (Å²) in [4.78, 5) is 23.9. The largest absolute Gasteiger partial charge is 0.405 e. The van der Waals surface area contributed by atoms with Crippen LogP contribution in [0.4, 0.5) is 18.9 Å². The second-order valence-electron chi connectivity index (χ2n) is 6.05. The van der Waals surface area contributed by atoms with Crippen molar-refractivity contribution in [3.8, 4) is 0 Å². The minimum atomic E-state index is -4.46. The summed E-state index contributed by atoms with van der Waals surface area (Å²) in [5.74, 6) is -1.11. The number of hydrogen-bond acceptors (Lipinski definition) is 3. The van der Waals surface area contributed by atoms with Crippen LogP contribution in [0.2, 0.25) is 0 Å². The van der Waals surface area contributed by atoms with Gasteiger partial charge in [0.25, 0.3) is 5.91 Å². The Bertz CT molecular complexity index is 600. The zero-order valence-electron chi connectivity index (χ0n) is 13.5. The molecule has 1 aromatic rings. The minimum absolute atomic E-state index is 0. The van der Waals surface area contributed by atoms with Crippen LogP contribution in [-0.4, -0.2) is 30.1 Å². The van der Waals surface area contributed by atoms with E-state index in [9.17, 15) is 22.8 Å². The standard InChI is InChI=1S/C16H20F3N3O2.ClH/c17-16(18,19)10-21-13(23)11-4-6-12(7-5-11)22-14(24)15(20)8-2-1-3-9-15;/h4-7H,1-3,8-10,20H2,(H,21,23)(H,22,24);1H. The summed E-state index contributed by atoms with van der Waals surface area (Å²) in [6, 6.07) is 5.63. The van der Waals surface area contributed by atoms with Gasteiger partial charge in [-0.3, -0.25) is 9.59 Å². The average molecular weight is 380 g/mol. The summed E-state index contributed by atoms with van der Waals surface area (Å²) in [5.41, 5.74) is 5.77. The van der Waals surface area contributed by atoms with E-state index in [1.165, 1.54) is 24.3 Å². The van der Waals surface area contributed by atoms with E-state index in [1.807, 2.05) is 0 Å². The zero-order valence-corrected chi connectivity index (χ0v) is 14.3. The molecule has 5 nitrogen and oxygen atoms in total. The van der Waals surface area contributed by atoms with Gasteiger partial charge in [-0.1, -0.05) is 19.3 Å². The summed E-state index contributed by atoms with van der Waals surface area (Å²) in [6.45, 7) is -1.39. The van der Waals surface area contributed by atoms with Gasteiger partial charge in [0, 0.05) is 11.3 Å². The van der Waals surface area contributed by atoms with Crippen LogP contribution >= 0.6 is 12.4 Å². The van der Waals surface area contributed by atoms with Crippen LogP contribution < -0.4 is 16.4 Å². The number of alkyl halides is 3. The molecule has 2 amide bonds. The van der Waals surface area contributed by atoms with Crippen molar-refractivity contribution in [2.24, 2.45) is 5.73 Å². The van der Waals surface area contributed by atoms with Gasteiger partial charge in [0.1, 0.15) is 6.54 Å². The fraction of sp³-hybridized carbons (Fsp3) is 0.500. The molecular formula is C16H21ClF3N3O2. The highest BCUT2D eigenvalue weighted by Gasteiger charge is 2.35. The molecule has 0 aliphatic heterocycles. The maximum atomic E-state index is 12.3. The topological polar surface area (TPSA) is 84.2 Å². The molecule has 0 unspecified atom stereocenters. The second-order valence-corrected chi connectivity index (χ2v) is 6.05. The third-order valence-electron chi connectivity index (χ3n) is 4.05. The van der Waals surface area contributed by atoms with Crippen LogP contribution in [-0.2, 0) is 4.79 Å². The Hall–Kier alpha value is -1.80. The van der Waals surface area contributed by atoms with E-state index >= 15 is 0 Å². The molecule has 1 fully saturated rings. The van der Waals surface area contributed by atoms with Crippen LogP contribution in [0.1, 0.15) is 42.5 Å². The van der Waals surface area contributed by atoms with Crippen molar-refractivity contribution in [3.05, 3.63) is 29.8 Å². The predicted molar refractivity (Wildman–Crippen MR) is 90.7 cm³/mol. The van der Waals surface area contributed by atoms with E-state index in [-0.39, 0.29) is 23.9 Å². The number of rotatable bonds is 4. The highest BCUT2D eigenvalue weighted by atomic mass is 35.5. The second kappa shape index (κ2) is 8.53. The molecule has 4 N–H and O–H groups in total. The molecule has 0 aromatic heterocycles. The Morgan fingerprint density at radius 3 is 2.16 bits per heavy atom. The Kier molecular flexibility index (Phi) is 7.25. The van der Waals surface area contributed by atoms with Crippen molar-refractivity contribution in [2.45, 2.75) is 43.8 Å². The first-order chi connectivity index (χ1) is 11.2. The van der Waals surface area contributed by atoms with Gasteiger partial charge in [0.15, 0.2) is 0 Å². The van der Waals surface area contributed by atoms with Crippen LogP contribution in [0.15, 0.2) is 24.3 Å². The van der Waals surface area contributed by atoms with E-state index in [0.29, 0.717) is 18.5 Å². The Morgan fingerprint density at radius 2 is 1.64 bits per heavy atom. The number of carbonyl (C=O) groups excluding carboxylic acids is 2. The van der Waals surface area contributed by atoms with Crippen molar-refractivity contribution in [2.75, 3.05) is 11.9 Å². The average Bonchev–Trinajstić information content (AvgIpc) is 2.53. The molecule has 0 bridgehead atoms. The van der Waals surface area contributed by atoms with Gasteiger partial charge < -0.3 is 16.4 Å². The Balaban J connectivity index is 0.00000312. The molecule has 9 heteroatoms. The molecule has 25 heavy (non-hydrogen) atoms. The molecule has 1 aromatic carbocycles. The quantitative estimate of drug-likeness (QED) is 0.751. The summed E-state index contributed by atoms with van der Waals surface area (Å²) in [5, 5.41) is 4.48. The fourth-order valence-electron chi connectivity index (χ4n) is 2.65. The van der Waals surface area contributed by atoms with E-state index in [4.69, 9.17) is 5.73 Å². The lowest BCUT2D eigenvalue weighted by Gasteiger charge is -2.31. The molecular weight excluding hydrogens is 359 g/mol. The predicted octanol–water partition coefficient (Wildman–Crippen LogP) is 3.00. The number of hydrogen-bond donors (Lipinski definition) is 3.